The standard InChI is InChI=1S/C49H89NO3/c1-3-5-7-9-11-13-15-17-19-21-23-24-25-26-27-29-31-33-35-37-39-41-43-45-49(53)50-47(46-51)48(52)44-42-40-38-36-34-32-30-28-22-20-18-16-14-12-10-8-6-4-2/h22-24,26-28,34,36,42,44,47-48,51-52H,3-21,25,29-33,35,37-41,43,45-46H2,1-2H3,(H,50,53)/b24-23-,27-26-,28-22+,36-34+,44-42+. The largest absolute Gasteiger partial charge is 0.394 e. The molecule has 0 fully saturated rings. The van der Waals surface area contributed by atoms with E-state index in [1.54, 1.807) is 6.08 Å². The highest BCUT2D eigenvalue weighted by molar-refractivity contribution is 5.76. The van der Waals surface area contributed by atoms with Gasteiger partial charge in [-0.3, -0.25) is 4.79 Å². The van der Waals surface area contributed by atoms with Gasteiger partial charge in [0.15, 0.2) is 0 Å². The van der Waals surface area contributed by atoms with Crippen molar-refractivity contribution in [3.8, 4) is 0 Å². The number of hydrogen-bond donors (Lipinski definition) is 3. The molecule has 0 radical (unpaired) electrons. The maximum absolute atomic E-state index is 12.4. The number of nitrogens with one attached hydrogen (secondary N) is 1. The Morgan fingerprint density at radius 1 is 0.453 bits per heavy atom. The van der Waals surface area contributed by atoms with E-state index in [0.29, 0.717) is 6.42 Å². The summed E-state index contributed by atoms with van der Waals surface area (Å²) in [6, 6.07) is -0.651. The van der Waals surface area contributed by atoms with E-state index < -0.39 is 12.1 Å². The molecule has 0 rings (SSSR count). The van der Waals surface area contributed by atoms with Crippen molar-refractivity contribution < 1.29 is 15.0 Å². The Labute approximate surface area is 330 Å². The highest BCUT2D eigenvalue weighted by Crippen LogP contribution is 2.13. The summed E-state index contributed by atoms with van der Waals surface area (Å²) in [6.07, 6.45) is 61.9. The van der Waals surface area contributed by atoms with Crippen LogP contribution in [0.5, 0.6) is 0 Å². The van der Waals surface area contributed by atoms with Gasteiger partial charge in [0.25, 0.3) is 0 Å². The lowest BCUT2D eigenvalue weighted by molar-refractivity contribution is -0.123. The molecule has 3 N–H and O–H groups in total. The molecule has 0 aliphatic carbocycles. The second-order valence-electron chi connectivity index (χ2n) is 15.4. The van der Waals surface area contributed by atoms with Crippen molar-refractivity contribution in [3.05, 3.63) is 60.8 Å². The lowest BCUT2D eigenvalue weighted by Gasteiger charge is -2.19. The quantitative estimate of drug-likeness (QED) is 0.0432. The maximum atomic E-state index is 12.4. The van der Waals surface area contributed by atoms with Gasteiger partial charge in [-0.2, -0.15) is 0 Å². The fraction of sp³-hybridized carbons (Fsp3) is 0.776. The van der Waals surface area contributed by atoms with Crippen molar-refractivity contribution in [1.82, 2.24) is 5.32 Å². The monoisotopic (exact) mass is 740 g/mol. The Balaban J connectivity index is 3.65. The average Bonchev–Trinajstić information content (AvgIpc) is 3.16. The number of aliphatic hydroxyl groups is 2. The summed E-state index contributed by atoms with van der Waals surface area (Å²) < 4.78 is 0. The predicted molar refractivity (Wildman–Crippen MR) is 234 cm³/mol. The smallest absolute Gasteiger partial charge is 0.220 e. The van der Waals surface area contributed by atoms with Gasteiger partial charge in [-0.1, -0.05) is 203 Å². The summed E-state index contributed by atoms with van der Waals surface area (Å²) in [5.74, 6) is -0.0867. The van der Waals surface area contributed by atoms with Crippen LogP contribution in [-0.4, -0.2) is 34.9 Å². The summed E-state index contributed by atoms with van der Waals surface area (Å²) in [7, 11) is 0. The van der Waals surface area contributed by atoms with Crippen LogP contribution in [0, 0.1) is 0 Å². The zero-order valence-electron chi connectivity index (χ0n) is 35.3. The van der Waals surface area contributed by atoms with Gasteiger partial charge >= 0.3 is 0 Å². The molecule has 0 heterocycles. The molecule has 1 amide bonds. The van der Waals surface area contributed by atoms with Crippen molar-refractivity contribution in [2.24, 2.45) is 0 Å². The van der Waals surface area contributed by atoms with Crippen LogP contribution in [0.4, 0.5) is 0 Å². The Morgan fingerprint density at radius 2 is 0.792 bits per heavy atom. The normalized spacial score (nSPS) is 13.5. The molecule has 2 unspecified atom stereocenters. The molecular weight excluding hydrogens is 651 g/mol. The van der Waals surface area contributed by atoms with Crippen molar-refractivity contribution in [2.45, 2.75) is 238 Å². The topological polar surface area (TPSA) is 69.6 Å². The zero-order chi connectivity index (χ0) is 38.6. The third kappa shape index (κ3) is 41.1. The fourth-order valence-electron chi connectivity index (χ4n) is 6.65. The SMILES string of the molecule is CCCCCCCCCC/C=C/CC/C=C/CC/C=C/C(O)C(CO)NC(=O)CCCCCCCCC/C=C\C/C=C\CCCCCCCCCCC. The molecule has 4 nitrogen and oxygen atoms in total. The third-order valence-electron chi connectivity index (χ3n) is 10.2. The Kier molecular flexibility index (Phi) is 42.9. The van der Waals surface area contributed by atoms with Gasteiger partial charge in [0.1, 0.15) is 0 Å². The molecule has 0 aliphatic rings. The van der Waals surface area contributed by atoms with E-state index in [2.05, 4.69) is 67.8 Å². The molecule has 0 bridgehead atoms. The lowest BCUT2D eigenvalue weighted by Crippen LogP contribution is -2.45. The molecule has 2 atom stereocenters. The molecule has 0 saturated heterocycles. The van der Waals surface area contributed by atoms with Crippen molar-refractivity contribution in [2.75, 3.05) is 6.61 Å². The minimum atomic E-state index is -0.875. The average molecular weight is 740 g/mol. The molecule has 4 heteroatoms. The summed E-state index contributed by atoms with van der Waals surface area (Å²) in [5, 5.41) is 23.0. The van der Waals surface area contributed by atoms with E-state index in [9.17, 15) is 15.0 Å². The summed E-state index contributed by atoms with van der Waals surface area (Å²) >= 11 is 0. The maximum Gasteiger partial charge on any atom is 0.220 e. The molecular formula is C49H89NO3. The van der Waals surface area contributed by atoms with E-state index in [0.717, 1.165) is 51.4 Å². The van der Waals surface area contributed by atoms with Gasteiger partial charge in [0.05, 0.1) is 18.8 Å². The summed E-state index contributed by atoms with van der Waals surface area (Å²) in [5.41, 5.74) is 0. The Morgan fingerprint density at radius 3 is 1.21 bits per heavy atom. The molecule has 53 heavy (non-hydrogen) atoms. The molecule has 0 aromatic carbocycles. The predicted octanol–water partition coefficient (Wildman–Crippen LogP) is 14.5. The van der Waals surface area contributed by atoms with Crippen LogP contribution >= 0.6 is 0 Å². The summed E-state index contributed by atoms with van der Waals surface area (Å²) in [6.45, 7) is 4.29. The van der Waals surface area contributed by atoms with Gasteiger partial charge in [-0.25, -0.2) is 0 Å². The van der Waals surface area contributed by atoms with Crippen LogP contribution in [0.3, 0.4) is 0 Å². The van der Waals surface area contributed by atoms with Crippen LogP contribution in [-0.2, 0) is 4.79 Å². The third-order valence-corrected chi connectivity index (χ3v) is 10.2. The number of unbranched alkanes of at least 4 members (excludes halogenated alkanes) is 26. The van der Waals surface area contributed by atoms with Gasteiger partial charge in [-0.15, -0.1) is 0 Å². The van der Waals surface area contributed by atoms with E-state index in [-0.39, 0.29) is 12.5 Å². The first kappa shape index (κ1) is 51.1. The minimum absolute atomic E-state index is 0.0867. The van der Waals surface area contributed by atoms with Gasteiger partial charge in [-0.05, 0) is 77.0 Å². The molecule has 0 aliphatic heterocycles. The minimum Gasteiger partial charge on any atom is -0.394 e. The summed E-state index contributed by atoms with van der Waals surface area (Å²) in [4.78, 5) is 12.4. The molecule has 308 valence electrons. The molecule has 0 aromatic rings. The first-order valence-electron chi connectivity index (χ1n) is 23.0. The van der Waals surface area contributed by atoms with Gasteiger partial charge < -0.3 is 15.5 Å². The van der Waals surface area contributed by atoms with Crippen LogP contribution in [0.2, 0.25) is 0 Å². The molecule has 0 aromatic heterocycles. The van der Waals surface area contributed by atoms with Crippen molar-refractivity contribution >= 4 is 5.91 Å². The fourth-order valence-corrected chi connectivity index (χ4v) is 6.65. The van der Waals surface area contributed by atoms with E-state index in [4.69, 9.17) is 0 Å². The number of amides is 1. The van der Waals surface area contributed by atoms with Crippen LogP contribution in [0.25, 0.3) is 0 Å². The van der Waals surface area contributed by atoms with Crippen LogP contribution in [0.15, 0.2) is 60.8 Å². The number of carbonyl (C=O) groups is 1. The number of aliphatic hydroxyl groups excluding tert-OH is 2. The number of allylic oxidation sites excluding steroid dienone is 9. The highest BCUT2D eigenvalue weighted by atomic mass is 16.3. The van der Waals surface area contributed by atoms with E-state index in [1.807, 2.05) is 6.08 Å². The molecule has 0 spiro atoms. The van der Waals surface area contributed by atoms with E-state index >= 15 is 0 Å². The van der Waals surface area contributed by atoms with Crippen LogP contribution < -0.4 is 5.32 Å². The number of carbonyl (C=O) groups excluding carboxylic acids is 1. The first-order valence-corrected chi connectivity index (χ1v) is 23.0. The number of hydrogen-bond acceptors (Lipinski definition) is 3. The number of rotatable bonds is 41. The second-order valence-corrected chi connectivity index (χ2v) is 15.4. The second kappa shape index (κ2) is 44.5. The lowest BCUT2D eigenvalue weighted by atomic mass is 10.1. The van der Waals surface area contributed by atoms with Crippen molar-refractivity contribution in [3.63, 3.8) is 0 Å². The first-order chi connectivity index (χ1) is 26.2. The Bertz CT molecular complexity index is 888. The van der Waals surface area contributed by atoms with Crippen LogP contribution in [0.1, 0.15) is 226 Å². The van der Waals surface area contributed by atoms with Gasteiger partial charge in [0.2, 0.25) is 5.91 Å². The highest BCUT2D eigenvalue weighted by Gasteiger charge is 2.17. The molecule has 0 saturated carbocycles. The van der Waals surface area contributed by atoms with Gasteiger partial charge in [0, 0.05) is 6.42 Å². The van der Waals surface area contributed by atoms with Crippen molar-refractivity contribution in [1.29, 1.82) is 0 Å². The Hall–Kier alpha value is -1.91. The van der Waals surface area contributed by atoms with E-state index in [1.165, 1.54) is 154 Å². The zero-order valence-corrected chi connectivity index (χ0v) is 35.3.